The van der Waals surface area contributed by atoms with E-state index in [9.17, 15) is 25.0 Å². The van der Waals surface area contributed by atoms with Gasteiger partial charge in [-0.1, -0.05) is 38.8 Å². The lowest BCUT2D eigenvalue weighted by Gasteiger charge is -2.31. The van der Waals surface area contributed by atoms with Crippen molar-refractivity contribution in [1.29, 1.82) is 0 Å². The largest absolute Gasteiger partial charge is 0.462 e. The molecule has 2 rings (SSSR count). The molecule has 12 nitrogen and oxygen atoms in total. The third kappa shape index (κ3) is 10.6. The number of nitro benzene ring substituents is 2. The van der Waals surface area contributed by atoms with Crippen LogP contribution in [0.4, 0.5) is 22.7 Å². The monoisotopic (exact) mass is 656 g/mol. The molecule has 0 amide bonds. The molecule has 0 N–H and O–H groups in total. The molecule has 0 saturated carbocycles. The van der Waals surface area contributed by atoms with Crippen molar-refractivity contribution in [2.24, 2.45) is 10.3 Å². The van der Waals surface area contributed by atoms with E-state index in [2.05, 4.69) is 68.4 Å². The summed E-state index contributed by atoms with van der Waals surface area (Å²) >= 11 is 6.32. The number of halogens is 2. The minimum atomic E-state index is -0.524. The first-order valence-corrected chi connectivity index (χ1v) is 13.3. The van der Waals surface area contributed by atoms with Gasteiger partial charge in [-0.25, -0.2) is 4.79 Å². The summed E-state index contributed by atoms with van der Waals surface area (Å²) in [7, 11) is 0. The molecule has 14 heteroatoms. The van der Waals surface area contributed by atoms with Crippen LogP contribution in [0.3, 0.4) is 0 Å². The number of carbonyl (C=O) groups excluding carboxylic acids is 1. The zero-order chi connectivity index (χ0) is 28.7. The lowest BCUT2D eigenvalue weighted by Crippen LogP contribution is -2.42. The predicted molar refractivity (Wildman–Crippen MR) is 151 cm³/mol. The zero-order valence-corrected chi connectivity index (χ0v) is 24.7. The minimum Gasteiger partial charge on any atom is -0.462 e. The molecule has 0 aliphatic carbocycles. The summed E-state index contributed by atoms with van der Waals surface area (Å²) in [4.78, 5) is 31.5. The Morgan fingerprint density at radius 3 is 2.00 bits per heavy atom. The first kappa shape index (κ1) is 32.8. The van der Waals surface area contributed by atoms with E-state index in [4.69, 9.17) is 4.74 Å². The molecular weight excluding hydrogens is 628 g/mol. The second-order valence-corrected chi connectivity index (χ2v) is 9.43. The van der Waals surface area contributed by atoms with Crippen LogP contribution in [0.5, 0.6) is 0 Å². The lowest BCUT2D eigenvalue weighted by atomic mass is 10.3. The summed E-state index contributed by atoms with van der Waals surface area (Å²) in [6, 6.07) is 8.03. The zero-order valence-electron chi connectivity index (χ0n) is 21.5. The van der Waals surface area contributed by atoms with Crippen molar-refractivity contribution in [2.45, 2.75) is 34.1 Å². The fourth-order valence-electron chi connectivity index (χ4n) is 2.96. The van der Waals surface area contributed by atoms with Crippen molar-refractivity contribution in [1.82, 2.24) is 0 Å². The Morgan fingerprint density at radius 1 is 0.974 bits per heavy atom. The van der Waals surface area contributed by atoms with Gasteiger partial charge in [-0.2, -0.15) is 0 Å². The fourth-order valence-corrected chi connectivity index (χ4v) is 3.85. The molecule has 0 unspecified atom stereocenters. The Kier molecular flexibility index (Phi) is 14.3. The lowest BCUT2D eigenvalue weighted by molar-refractivity contribution is -0.874. The van der Waals surface area contributed by atoms with E-state index in [-0.39, 0.29) is 17.3 Å². The SMILES string of the molecule is CCCOC(=O)/C=C/[N+](CC)(CC)CC.O=[N+]([O-])c1ccc(N=N[N-]c2ccc([N+](=O)[O-])cc2Br)c(Br)c1. The summed E-state index contributed by atoms with van der Waals surface area (Å²) in [5, 5.41) is 28.7. The van der Waals surface area contributed by atoms with Crippen LogP contribution in [0.1, 0.15) is 34.1 Å². The Morgan fingerprint density at radius 2 is 1.53 bits per heavy atom. The van der Waals surface area contributed by atoms with Crippen molar-refractivity contribution >= 4 is 60.6 Å². The number of hydrogen-bond donors (Lipinski definition) is 0. The van der Waals surface area contributed by atoms with Crippen LogP contribution in [0.2, 0.25) is 0 Å². The molecule has 0 heterocycles. The third-order valence-corrected chi connectivity index (χ3v) is 6.72. The summed E-state index contributed by atoms with van der Waals surface area (Å²) in [6.07, 6.45) is 4.39. The predicted octanol–water partition coefficient (Wildman–Crippen LogP) is 8.06. The van der Waals surface area contributed by atoms with Gasteiger partial charge in [-0.05, 0) is 50.7 Å². The van der Waals surface area contributed by atoms with E-state index >= 15 is 0 Å². The van der Waals surface area contributed by atoms with Gasteiger partial charge in [-0.3, -0.25) is 29.9 Å². The molecule has 0 bridgehead atoms. The Balaban J connectivity index is 0.000000420. The smallest absolute Gasteiger partial charge is 0.336 e. The molecule has 2 aromatic carbocycles. The second-order valence-electron chi connectivity index (χ2n) is 7.73. The van der Waals surface area contributed by atoms with Gasteiger partial charge in [0.15, 0.2) is 0 Å². The number of carbonyl (C=O) groups is 1. The summed E-state index contributed by atoms with van der Waals surface area (Å²) < 4.78 is 6.61. The van der Waals surface area contributed by atoms with Crippen molar-refractivity contribution < 1.29 is 23.9 Å². The third-order valence-electron chi connectivity index (χ3n) is 5.45. The molecule has 38 heavy (non-hydrogen) atoms. The first-order chi connectivity index (χ1) is 18.0. The van der Waals surface area contributed by atoms with Gasteiger partial charge >= 0.3 is 5.97 Å². The molecule has 0 aromatic heterocycles. The van der Waals surface area contributed by atoms with E-state index in [1.165, 1.54) is 36.4 Å². The number of ether oxygens (including phenoxy) is 1. The number of non-ortho nitro benzene ring substituents is 2. The number of esters is 1. The standard InChI is InChI=1S/C12H6Br2N5O4.C12H24NO2/c13-9-5-7(18(20)21)1-3-11(9)15-17-16-12-4-2-8(19(22)23)6-10(12)14;1-5-11-15-12(14)9-10-13(6-2,7-3)8-4/h1-6H;9-10H,5-8,11H2,1-4H3/q-1;+1/b;10-9+. The first-order valence-electron chi connectivity index (χ1n) is 11.7. The van der Waals surface area contributed by atoms with Gasteiger partial charge in [0.1, 0.15) is 6.20 Å². The molecule has 0 aliphatic rings. The van der Waals surface area contributed by atoms with E-state index < -0.39 is 9.85 Å². The number of nitro groups is 2. The Labute approximate surface area is 237 Å². The quantitative estimate of drug-likeness (QED) is 0.0562. The van der Waals surface area contributed by atoms with E-state index in [0.717, 1.165) is 30.5 Å². The molecule has 0 fully saturated rings. The Hall–Kier alpha value is -3.23. The summed E-state index contributed by atoms with van der Waals surface area (Å²) in [6.45, 7) is 11.9. The van der Waals surface area contributed by atoms with Crippen LogP contribution in [0, 0.1) is 20.2 Å². The molecule has 0 atom stereocenters. The maximum Gasteiger partial charge on any atom is 0.336 e. The highest BCUT2D eigenvalue weighted by Crippen LogP contribution is 2.34. The highest BCUT2D eigenvalue weighted by molar-refractivity contribution is 9.11. The molecule has 0 saturated heterocycles. The molecule has 206 valence electrons. The molecule has 0 spiro atoms. The van der Waals surface area contributed by atoms with Crippen LogP contribution in [0.15, 0.2) is 68.0 Å². The van der Waals surface area contributed by atoms with Crippen LogP contribution in [-0.4, -0.2) is 46.5 Å². The highest BCUT2D eigenvalue weighted by Gasteiger charge is 2.17. The van der Waals surface area contributed by atoms with Crippen LogP contribution in [-0.2, 0) is 9.53 Å². The second kappa shape index (κ2) is 16.6. The molecule has 0 aliphatic heterocycles. The van der Waals surface area contributed by atoms with Crippen LogP contribution < -0.4 is 0 Å². The average Bonchev–Trinajstić information content (AvgIpc) is 2.90. The van der Waals surface area contributed by atoms with Gasteiger partial charge in [0, 0.05) is 33.2 Å². The topological polar surface area (TPSA) is 151 Å². The Bertz CT molecular complexity index is 1160. The average molecular weight is 658 g/mol. The van der Waals surface area contributed by atoms with E-state index in [1.54, 1.807) is 6.08 Å². The number of nitrogens with zero attached hydrogens (tertiary/aromatic N) is 6. The molecular formula is C24H30Br2N6O6. The minimum absolute atomic E-state index is 0.0779. The van der Waals surface area contributed by atoms with Gasteiger partial charge < -0.3 is 15.3 Å². The van der Waals surface area contributed by atoms with Crippen molar-refractivity contribution in [3.63, 3.8) is 0 Å². The molecule has 2 aromatic rings. The summed E-state index contributed by atoms with van der Waals surface area (Å²) in [5.41, 5.74) is 4.40. The van der Waals surface area contributed by atoms with Gasteiger partial charge in [0.05, 0.1) is 42.2 Å². The number of rotatable bonds is 12. The van der Waals surface area contributed by atoms with Gasteiger partial charge in [0.25, 0.3) is 11.4 Å². The van der Waals surface area contributed by atoms with E-state index in [0.29, 0.717) is 26.9 Å². The van der Waals surface area contributed by atoms with Crippen molar-refractivity contribution in [3.05, 3.63) is 83.3 Å². The number of quaternary nitrogens is 1. The number of hydrogen-bond acceptors (Lipinski definition) is 8. The maximum atomic E-state index is 11.3. The van der Waals surface area contributed by atoms with Crippen molar-refractivity contribution in [3.8, 4) is 0 Å². The molecule has 0 radical (unpaired) electrons. The van der Waals surface area contributed by atoms with Crippen LogP contribution in [0.25, 0.3) is 5.43 Å². The normalized spacial score (nSPS) is 11.2. The maximum absolute atomic E-state index is 11.3. The van der Waals surface area contributed by atoms with Gasteiger partial charge in [0.2, 0.25) is 0 Å². The highest BCUT2D eigenvalue weighted by atomic mass is 79.9. The van der Waals surface area contributed by atoms with Crippen molar-refractivity contribution in [2.75, 3.05) is 26.2 Å². The van der Waals surface area contributed by atoms with E-state index in [1.807, 2.05) is 13.1 Å². The summed E-state index contributed by atoms with van der Waals surface area (Å²) in [5.74, 6) is -0.227. The van der Waals surface area contributed by atoms with Crippen LogP contribution >= 0.6 is 31.9 Å². The van der Waals surface area contributed by atoms with Gasteiger partial charge in [-0.15, -0.1) is 0 Å². The number of benzene rings is 2. The fraction of sp³-hybridized carbons (Fsp3) is 0.375.